The third kappa shape index (κ3) is 4.05. The van der Waals surface area contributed by atoms with Gasteiger partial charge >= 0.3 is 0 Å². The van der Waals surface area contributed by atoms with Crippen LogP contribution in [0, 0.1) is 11.2 Å². The molecular formula is C17H19FN4OS. The summed E-state index contributed by atoms with van der Waals surface area (Å²) in [6.45, 7) is 1.90. The largest absolute Gasteiger partial charge is 0.398 e. The summed E-state index contributed by atoms with van der Waals surface area (Å²) >= 11 is 0. The number of nitrogens with zero attached hydrogens (tertiary/aromatic N) is 1. The van der Waals surface area contributed by atoms with Crippen molar-refractivity contribution in [3.05, 3.63) is 59.7 Å². The van der Waals surface area contributed by atoms with E-state index in [1.807, 2.05) is 6.92 Å². The van der Waals surface area contributed by atoms with E-state index >= 15 is 0 Å². The highest BCUT2D eigenvalue weighted by Gasteiger charge is 2.15. The Morgan fingerprint density at radius 2 is 2.08 bits per heavy atom. The lowest BCUT2D eigenvalue weighted by Gasteiger charge is -2.13. The Bertz CT molecular complexity index is 777. The highest BCUT2D eigenvalue weighted by Crippen LogP contribution is 2.27. The smallest absolute Gasteiger partial charge is 0.155 e. The van der Waals surface area contributed by atoms with Crippen LogP contribution in [0.3, 0.4) is 0 Å². The van der Waals surface area contributed by atoms with Gasteiger partial charge in [-0.15, -0.1) is 0 Å². The van der Waals surface area contributed by atoms with E-state index in [4.69, 9.17) is 11.1 Å². The zero-order valence-corrected chi connectivity index (χ0v) is 14.1. The predicted octanol–water partition coefficient (Wildman–Crippen LogP) is 3.18. The Labute approximate surface area is 142 Å². The molecule has 0 spiro atoms. The number of rotatable bonds is 7. The van der Waals surface area contributed by atoms with Gasteiger partial charge in [0.1, 0.15) is 11.0 Å². The molecule has 7 heteroatoms. The first-order chi connectivity index (χ1) is 11.6. The van der Waals surface area contributed by atoms with Crippen molar-refractivity contribution in [2.24, 2.45) is 5.73 Å². The average molecular weight is 346 g/mol. The first-order valence-electron chi connectivity index (χ1n) is 7.43. The van der Waals surface area contributed by atoms with Crippen molar-refractivity contribution in [3.63, 3.8) is 0 Å². The molecule has 1 atom stereocenters. The van der Waals surface area contributed by atoms with Gasteiger partial charge in [-0.2, -0.15) is 0 Å². The van der Waals surface area contributed by atoms with Crippen LogP contribution in [0.5, 0.6) is 0 Å². The standard InChI is InChI=1S/C17H19FN4OS/c1-2-10-24(23)22-15-5-3-4-13(16(15)18)14(11-19)17(20)12-6-8-21-9-7-12/h3-9,11,19,22H,2,10,20H2,1H3/b17-14+,19-11?. The lowest BCUT2D eigenvalue weighted by atomic mass is 10.00. The van der Waals surface area contributed by atoms with E-state index in [0.29, 0.717) is 11.3 Å². The third-order valence-electron chi connectivity index (χ3n) is 3.33. The van der Waals surface area contributed by atoms with Crippen LogP contribution in [0.2, 0.25) is 0 Å². The van der Waals surface area contributed by atoms with Crippen LogP contribution in [0.1, 0.15) is 24.5 Å². The van der Waals surface area contributed by atoms with Gasteiger partial charge in [0.2, 0.25) is 0 Å². The van der Waals surface area contributed by atoms with Gasteiger partial charge in [-0.25, -0.2) is 8.60 Å². The highest BCUT2D eigenvalue weighted by atomic mass is 32.2. The SMILES string of the molecule is CCCS(=O)Nc1cccc(/C(C=N)=C(/N)c2ccncc2)c1F. The second kappa shape index (κ2) is 8.35. The van der Waals surface area contributed by atoms with E-state index in [1.54, 1.807) is 30.6 Å². The van der Waals surface area contributed by atoms with Crippen molar-refractivity contribution >= 4 is 34.2 Å². The summed E-state index contributed by atoms with van der Waals surface area (Å²) in [7, 11) is -1.35. The predicted molar refractivity (Wildman–Crippen MR) is 97.3 cm³/mol. The maximum Gasteiger partial charge on any atom is 0.155 e. The van der Waals surface area contributed by atoms with Gasteiger partial charge in [-0.1, -0.05) is 19.1 Å². The number of pyridine rings is 1. The molecule has 0 aliphatic rings. The molecule has 0 aliphatic heterocycles. The number of hydrogen-bond acceptors (Lipinski definition) is 4. The number of nitrogens with two attached hydrogens (primary N) is 1. The van der Waals surface area contributed by atoms with Crippen LogP contribution in [0.15, 0.2) is 42.7 Å². The molecule has 1 unspecified atom stereocenters. The Morgan fingerprint density at radius 3 is 2.71 bits per heavy atom. The fourth-order valence-electron chi connectivity index (χ4n) is 2.17. The van der Waals surface area contributed by atoms with Crippen LogP contribution in [-0.2, 0) is 11.0 Å². The molecule has 24 heavy (non-hydrogen) atoms. The minimum atomic E-state index is -1.35. The number of anilines is 1. The van der Waals surface area contributed by atoms with Gasteiger partial charge in [0.05, 0.1) is 5.69 Å². The Hall–Kier alpha value is -2.54. The summed E-state index contributed by atoms with van der Waals surface area (Å²) in [5.74, 6) is -0.159. The van der Waals surface area contributed by atoms with E-state index in [-0.39, 0.29) is 22.5 Å². The molecule has 0 bridgehead atoms. The Balaban J connectivity index is 2.47. The molecule has 0 saturated heterocycles. The van der Waals surface area contributed by atoms with Gasteiger partial charge in [-0.3, -0.25) is 4.98 Å². The lowest BCUT2D eigenvalue weighted by molar-refractivity contribution is 0.628. The first-order valence-corrected chi connectivity index (χ1v) is 8.74. The zero-order valence-electron chi connectivity index (χ0n) is 13.3. The Kier molecular flexibility index (Phi) is 6.20. The fourth-order valence-corrected chi connectivity index (χ4v) is 3.04. The summed E-state index contributed by atoms with van der Waals surface area (Å²) in [6, 6.07) is 8.06. The molecule has 0 aliphatic carbocycles. The number of hydrogen-bond donors (Lipinski definition) is 3. The number of aromatic nitrogens is 1. The van der Waals surface area contributed by atoms with E-state index < -0.39 is 16.8 Å². The quantitative estimate of drug-likeness (QED) is 0.672. The molecule has 1 heterocycles. The summed E-state index contributed by atoms with van der Waals surface area (Å²) in [6.07, 6.45) is 4.89. The normalized spacial score (nSPS) is 13.1. The summed E-state index contributed by atoms with van der Waals surface area (Å²) in [5, 5.41) is 7.63. The zero-order chi connectivity index (χ0) is 17.5. The lowest BCUT2D eigenvalue weighted by Crippen LogP contribution is -2.10. The minimum Gasteiger partial charge on any atom is -0.398 e. The third-order valence-corrected chi connectivity index (χ3v) is 4.55. The van der Waals surface area contributed by atoms with Crippen LogP contribution in [-0.4, -0.2) is 21.2 Å². The molecule has 1 aromatic heterocycles. The van der Waals surface area contributed by atoms with E-state index in [9.17, 15) is 8.60 Å². The van der Waals surface area contributed by atoms with E-state index in [0.717, 1.165) is 12.6 Å². The maximum absolute atomic E-state index is 14.8. The van der Waals surface area contributed by atoms with Crippen LogP contribution in [0.4, 0.5) is 10.1 Å². The van der Waals surface area contributed by atoms with Gasteiger partial charge in [-0.05, 0) is 24.6 Å². The second-order valence-corrected chi connectivity index (χ2v) is 6.33. The van der Waals surface area contributed by atoms with Crippen LogP contribution in [0.25, 0.3) is 11.3 Å². The van der Waals surface area contributed by atoms with E-state index in [2.05, 4.69) is 9.71 Å². The summed E-state index contributed by atoms with van der Waals surface area (Å²) in [4.78, 5) is 3.91. The molecule has 4 N–H and O–H groups in total. The van der Waals surface area contributed by atoms with Gasteiger partial charge in [0.15, 0.2) is 5.82 Å². The van der Waals surface area contributed by atoms with Crippen LogP contribution < -0.4 is 10.5 Å². The maximum atomic E-state index is 14.8. The molecular weight excluding hydrogens is 327 g/mol. The molecule has 2 rings (SSSR count). The molecule has 5 nitrogen and oxygen atoms in total. The van der Waals surface area contributed by atoms with E-state index in [1.165, 1.54) is 12.1 Å². The van der Waals surface area contributed by atoms with Crippen molar-refractivity contribution in [1.82, 2.24) is 4.98 Å². The van der Waals surface area contributed by atoms with Crippen molar-refractivity contribution in [1.29, 1.82) is 5.41 Å². The number of allylic oxidation sites excluding steroid dienone is 1. The monoisotopic (exact) mass is 346 g/mol. The van der Waals surface area contributed by atoms with Gasteiger partial charge in [0.25, 0.3) is 0 Å². The van der Waals surface area contributed by atoms with Crippen molar-refractivity contribution < 1.29 is 8.60 Å². The first kappa shape index (κ1) is 17.8. The molecule has 0 saturated carbocycles. The molecule has 0 amide bonds. The fraction of sp³-hybridized carbons (Fsp3) is 0.176. The molecule has 0 fully saturated rings. The minimum absolute atomic E-state index is 0.126. The molecule has 126 valence electrons. The summed E-state index contributed by atoms with van der Waals surface area (Å²) in [5.41, 5.74) is 7.59. The second-order valence-electron chi connectivity index (χ2n) is 5.03. The molecule has 1 aromatic carbocycles. The van der Waals surface area contributed by atoms with Gasteiger partial charge < -0.3 is 15.9 Å². The molecule has 2 aromatic rings. The van der Waals surface area contributed by atoms with Gasteiger partial charge in [0, 0.05) is 46.8 Å². The van der Waals surface area contributed by atoms with Crippen molar-refractivity contribution in [3.8, 4) is 0 Å². The Morgan fingerprint density at radius 1 is 1.38 bits per heavy atom. The topological polar surface area (TPSA) is 91.9 Å². The number of nitrogens with one attached hydrogen (secondary N) is 2. The molecule has 0 radical (unpaired) electrons. The van der Waals surface area contributed by atoms with Crippen LogP contribution >= 0.6 is 0 Å². The van der Waals surface area contributed by atoms with Crippen molar-refractivity contribution in [2.45, 2.75) is 13.3 Å². The number of benzene rings is 1. The van der Waals surface area contributed by atoms with Crippen molar-refractivity contribution in [2.75, 3.05) is 10.5 Å². The highest BCUT2D eigenvalue weighted by molar-refractivity contribution is 7.86. The average Bonchev–Trinajstić information content (AvgIpc) is 2.59. The number of halogens is 1. The summed E-state index contributed by atoms with van der Waals surface area (Å²) < 4.78 is 29.3.